The number of anilines is 1. The molecule has 0 bridgehead atoms. The second kappa shape index (κ2) is 8.88. The van der Waals surface area contributed by atoms with Crippen molar-refractivity contribution in [1.29, 1.82) is 0 Å². The zero-order valence-electron chi connectivity index (χ0n) is 12.7. The van der Waals surface area contributed by atoms with Gasteiger partial charge in [-0.3, -0.25) is 15.4 Å². The van der Waals surface area contributed by atoms with E-state index in [2.05, 4.69) is 35.9 Å². The number of nitrogens with zero attached hydrogens (tertiary/aromatic N) is 3. The number of hydrogen-bond acceptors (Lipinski definition) is 8. The van der Waals surface area contributed by atoms with Gasteiger partial charge in [0.2, 0.25) is 5.82 Å². The summed E-state index contributed by atoms with van der Waals surface area (Å²) < 4.78 is 21.1. The predicted molar refractivity (Wildman–Crippen MR) is 89.8 cm³/mol. The molecular weight excluding hydrogens is 335 g/mol. The average molecular weight is 350 g/mol. The lowest BCUT2D eigenvalue weighted by Crippen LogP contribution is -2.23. The molecule has 0 radical (unpaired) electrons. The third-order valence-corrected chi connectivity index (χ3v) is 3.32. The Morgan fingerprint density at radius 3 is 3.00 bits per heavy atom. The monoisotopic (exact) mass is 350 g/mol. The van der Waals surface area contributed by atoms with Crippen LogP contribution >= 0.6 is 11.9 Å². The molecule has 126 valence electrons. The SMILES string of the molecule is C#Cc1cc(N=C(NO)c2nonc2NCCNSC)ccc1F. The summed E-state index contributed by atoms with van der Waals surface area (Å²) in [6, 6.07) is 3.98. The topological polar surface area (TPSA) is 108 Å². The molecule has 0 aliphatic rings. The van der Waals surface area contributed by atoms with Gasteiger partial charge in [-0.15, -0.1) is 6.42 Å². The van der Waals surface area contributed by atoms with E-state index in [-0.39, 0.29) is 17.1 Å². The lowest BCUT2D eigenvalue weighted by atomic mass is 10.2. The molecule has 0 fully saturated rings. The summed E-state index contributed by atoms with van der Waals surface area (Å²) in [4.78, 5) is 4.15. The van der Waals surface area contributed by atoms with Crippen LogP contribution in [-0.2, 0) is 0 Å². The molecule has 0 saturated carbocycles. The predicted octanol–water partition coefficient (Wildman–Crippen LogP) is 1.53. The summed E-state index contributed by atoms with van der Waals surface area (Å²) in [5, 5.41) is 19.7. The minimum atomic E-state index is -0.526. The van der Waals surface area contributed by atoms with Gasteiger partial charge in [-0.1, -0.05) is 17.9 Å². The van der Waals surface area contributed by atoms with Crippen molar-refractivity contribution in [3.05, 3.63) is 35.3 Å². The Bertz CT molecular complexity index is 758. The van der Waals surface area contributed by atoms with Crippen LogP contribution < -0.4 is 15.5 Å². The van der Waals surface area contributed by atoms with E-state index < -0.39 is 5.82 Å². The van der Waals surface area contributed by atoms with E-state index in [0.717, 1.165) is 0 Å². The fraction of sp³-hybridized carbons (Fsp3) is 0.214. The molecule has 1 aromatic heterocycles. The standard InChI is InChI=1S/C14H15FN6O2S/c1-3-9-8-10(4-5-11(9)15)18-14(19-22)12-13(21-23-20-12)16-6-7-17-24-2/h1,4-5,8,17,22H,6-7H2,2H3,(H,16,21)(H,18,19). The van der Waals surface area contributed by atoms with Gasteiger partial charge in [0.05, 0.1) is 11.3 Å². The molecule has 2 aromatic rings. The number of hydroxylamine groups is 1. The maximum Gasteiger partial charge on any atom is 0.202 e. The molecule has 0 atom stereocenters. The van der Waals surface area contributed by atoms with E-state index in [9.17, 15) is 9.60 Å². The Morgan fingerprint density at radius 1 is 1.46 bits per heavy atom. The molecule has 0 saturated heterocycles. The van der Waals surface area contributed by atoms with Crippen LogP contribution in [0.1, 0.15) is 11.3 Å². The van der Waals surface area contributed by atoms with Crippen molar-refractivity contribution in [3.8, 4) is 12.3 Å². The van der Waals surface area contributed by atoms with Crippen molar-refractivity contribution in [2.75, 3.05) is 24.7 Å². The number of aliphatic imine (C=N–C) groups is 1. The molecule has 8 nitrogen and oxygen atoms in total. The number of rotatable bonds is 7. The van der Waals surface area contributed by atoms with Crippen molar-refractivity contribution in [2.45, 2.75) is 0 Å². The van der Waals surface area contributed by atoms with Crippen LogP contribution in [-0.4, -0.2) is 40.7 Å². The number of halogens is 1. The molecule has 0 spiro atoms. The Morgan fingerprint density at radius 2 is 2.29 bits per heavy atom. The first-order chi connectivity index (χ1) is 11.7. The highest BCUT2D eigenvalue weighted by molar-refractivity contribution is 7.96. The third-order valence-electron chi connectivity index (χ3n) is 2.83. The van der Waals surface area contributed by atoms with Crippen LogP contribution in [0.25, 0.3) is 0 Å². The van der Waals surface area contributed by atoms with Gasteiger partial charge in [0, 0.05) is 13.1 Å². The van der Waals surface area contributed by atoms with Gasteiger partial charge >= 0.3 is 0 Å². The molecule has 10 heteroatoms. The van der Waals surface area contributed by atoms with Crippen LogP contribution in [0, 0.1) is 18.2 Å². The van der Waals surface area contributed by atoms with Crippen molar-refractivity contribution in [3.63, 3.8) is 0 Å². The minimum absolute atomic E-state index is 0.0221. The lowest BCUT2D eigenvalue weighted by Gasteiger charge is -2.06. The average Bonchev–Trinajstić information content (AvgIpc) is 3.06. The number of hydrogen-bond donors (Lipinski definition) is 4. The zero-order valence-corrected chi connectivity index (χ0v) is 13.5. The number of benzene rings is 1. The Kier molecular flexibility index (Phi) is 6.56. The maximum atomic E-state index is 13.4. The number of aromatic nitrogens is 2. The van der Waals surface area contributed by atoms with E-state index >= 15 is 0 Å². The minimum Gasteiger partial charge on any atom is -0.364 e. The van der Waals surface area contributed by atoms with E-state index in [0.29, 0.717) is 24.6 Å². The second-order valence-corrected chi connectivity index (χ2v) is 5.06. The molecule has 4 N–H and O–H groups in total. The number of nitrogens with one attached hydrogen (secondary N) is 3. The van der Waals surface area contributed by atoms with Gasteiger partial charge in [0.15, 0.2) is 11.5 Å². The van der Waals surface area contributed by atoms with Crippen LogP contribution in [0.5, 0.6) is 0 Å². The number of amidine groups is 1. The van der Waals surface area contributed by atoms with E-state index in [1.54, 1.807) is 0 Å². The summed E-state index contributed by atoms with van der Waals surface area (Å²) >= 11 is 1.49. The highest BCUT2D eigenvalue weighted by atomic mass is 32.2. The van der Waals surface area contributed by atoms with Crippen molar-refractivity contribution >= 4 is 29.3 Å². The van der Waals surface area contributed by atoms with Gasteiger partial charge in [0.1, 0.15) is 5.82 Å². The normalized spacial score (nSPS) is 11.2. The fourth-order valence-corrected chi connectivity index (χ4v) is 2.05. The van der Waals surface area contributed by atoms with Gasteiger partial charge in [-0.25, -0.2) is 14.0 Å². The first-order valence-corrected chi connectivity index (χ1v) is 7.99. The second-order valence-electron chi connectivity index (χ2n) is 4.37. The van der Waals surface area contributed by atoms with Crippen LogP contribution in [0.3, 0.4) is 0 Å². The molecule has 0 unspecified atom stereocenters. The van der Waals surface area contributed by atoms with E-state index in [1.807, 2.05) is 11.7 Å². The first kappa shape index (κ1) is 17.7. The van der Waals surface area contributed by atoms with Crippen LogP contribution in [0.15, 0.2) is 27.8 Å². The first-order valence-electron chi connectivity index (χ1n) is 6.77. The largest absolute Gasteiger partial charge is 0.364 e. The Hall–Kier alpha value is -2.61. The smallest absolute Gasteiger partial charge is 0.202 e. The van der Waals surface area contributed by atoms with Crippen molar-refractivity contribution < 1.29 is 14.2 Å². The van der Waals surface area contributed by atoms with Gasteiger partial charge in [-0.2, -0.15) is 0 Å². The van der Waals surface area contributed by atoms with Crippen LogP contribution in [0.2, 0.25) is 0 Å². The van der Waals surface area contributed by atoms with E-state index in [1.165, 1.54) is 30.1 Å². The molecule has 0 aliphatic carbocycles. The summed E-state index contributed by atoms with van der Waals surface area (Å²) in [5.74, 6) is 1.97. The quantitative estimate of drug-likeness (QED) is 0.149. The highest BCUT2D eigenvalue weighted by Gasteiger charge is 2.16. The molecule has 24 heavy (non-hydrogen) atoms. The molecular formula is C14H15FN6O2S. The molecule has 0 amide bonds. The zero-order chi connectivity index (χ0) is 17.4. The van der Waals surface area contributed by atoms with Crippen molar-refractivity contribution in [1.82, 2.24) is 20.5 Å². The highest BCUT2D eigenvalue weighted by Crippen LogP contribution is 2.19. The summed E-state index contributed by atoms with van der Waals surface area (Å²) in [5.41, 5.74) is 2.50. The summed E-state index contributed by atoms with van der Waals surface area (Å²) in [6.07, 6.45) is 7.14. The Labute approximate surface area is 142 Å². The van der Waals surface area contributed by atoms with Gasteiger partial charge < -0.3 is 5.32 Å². The van der Waals surface area contributed by atoms with Gasteiger partial charge in [-0.05, 0) is 34.8 Å². The third kappa shape index (κ3) is 4.45. The fourth-order valence-electron chi connectivity index (χ4n) is 1.75. The van der Waals surface area contributed by atoms with E-state index in [4.69, 9.17) is 6.42 Å². The summed E-state index contributed by atoms with van der Waals surface area (Å²) in [7, 11) is 0. The molecule has 1 aromatic carbocycles. The molecule has 1 heterocycles. The van der Waals surface area contributed by atoms with Gasteiger partial charge in [0.25, 0.3) is 0 Å². The molecule has 0 aliphatic heterocycles. The lowest BCUT2D eigenvalue weighted by molar-refractivity contribution is 0.234. The number of terminal acetylenes is 1. The molecule has 2 rings (SSSR count). The summed E-state index contributed by atoms with van der Waals surface area (Å²) in [6.45, 7) is 1.23. The Balaban J connectivity index is 2.22. The van der Waals surface area contributed by atoms with Crippen LogP contribution in [0.4, 0.5) is 15.9 Å². The van der Waals surface area contributed by atoms with Crippen molar-refractivity contribution in [2.24, 2.45) is 4.99 Å². The maximum absolute atomic E-state index is 13.4.